The number of aryl methyl sites for hydroxylation is 1. The van der Waals surface area contributed by atoms with Gasteiger partial charge in [-0.15, -0.1) is 0 Å². The Balaban J connectivity index is 1.52. The minimum absolute atomic E-state index is 0.0655. The molecule has 2 aliphatic rings. The van der Waals surface area contributed by atoms with Crippen LogP contribution in [-0.2, 0) is 17.8 Å². The van der Waals surface area contributed by atoms with Gasteiger partial charge in [0.05, 0.1) is 0 Å². The van der Waals surface area contributed by atoms with Gasteiger partial charge >= 0.3 is 0 Å². The summed E-state index contributed by atoms with van der Waals surface area (Å²) in [4.78, 5) is 23.5. The number of ether oxygens (including phenoxy) is 1. The molecule has 1 saturated carbocycles. The highest BCUT2D eigenvalue weighted by Crippen LogP contribution is 2.47. The van der Waals surface area contributed by atoms with Crippen LogP contribution in [0.1, 0.15) is 53.7 Å². The molecular formula is C17H23N5O3. The van der Waals surface area contributed by atoms with E-state index in [0.717, 1.165) is 18.2 Å². The van der Waals surface area contributed by atoms with Crippen LogP contribution in [0, 0.1) is 11.8 Å². The average Bonchev–Trinajstić information content (AvgIpc) is 3.06. The first-order valence-electron chi connectivity index (χ1n) is 8.83. The highest BCUT2D eigenvalue weighted by Gasteiger charge is 2.46. The second-order valence-electron chi connectivity index (χ2n) is 6.87. The van der Waals surface area contributed by atoms with E-state index in [2.05, 4.69) is 20.2 Å². The average molecular weight is 345 g/mol. The number of nitrogens with zero attached hydrogens (tertiary/aromatic N) is 4. The van der Waals surface area contributed by atoms with E-state index in [4.69, 9.17) is 9.15 Å². The van der Waals surface area contributed by atoms with Gasteiger partial charge in [-0.2, -0.15) is 5.10 Å². The number of hydrogen-bond donors (Lipinski definition) is 1. The highest BCUT2D eigenvalue weighted by atomic mass is 16.5. The molecule has 25 heavy (non-hydrogen) atoms. The van der Waals surface area contributed by atoms with Gasteiger partial charge in [-0.1, -0.05) is 6.92 Å². The maximum Gasteiger partial charge on any atom is 0.275 e. The Kier molecular flexibility index (Phi) is 4.29. The van der Waals surface area contributed by atoms with Crippen molar-refractivity contribution in [3.8, 4) is 0 Å². The van der Waals surface area contributed by atoms with Gasteiger partial charge in [-0.05, 0) is 24.7 Å². The van der Waals surface area contributed by atoms with Crippen molar-refractivity contribution in [3.63, 3.8) is 0 Å². The molecule has 134 valence electrons. The van der Waals surface area contributed by atoms with Crippen molar-refractivity contribution >= 4 is 5.91 Å². The third-order valence-corrected chi connectivity index (χ3v) is 5.11. The van der Waals surface area contributed by atoms with E-state index >= 15 is 0 Å². The van der Waals surface area contributed by atoms with Gasteiger partial charge in [-0.25, -0.2) is 9.97 Å². The lowest BCUT2D eigenvalue weighted by molar-refractivity contribution is 0.0779. The molecule has 1 aliphatic carbocycles. The SMILES string of the molecule is CCc1nc(C(=O)N2C[C@H](c3n[nH]c(COC)n3)[C@@H](C3CC3)C2)co1. The van der Waals surface area contributed by atoms with Gasteiger partial charge in [-0.3, -0.25) is 9.89 Å². The number of nitrogens with one attached hydrogen (secondary N) is 1. The maximum absolute atomic E-state index is 12.8. The number of oxazole rings is 1. The molecule has 8 heteroatoms. The first-order chi connectivity index (χ1) is 12.2. The fraction of sp³-hybridized carbons (Fsp3) is 0.647. The zero-order chi connectivity index (χ0) is 17.4. The summed E-state index contributed by atoms with van der Waals surface area (Å²) in [5.41, 5.74) is 0.391. The quantitative estimate of drug-likeness (QED) is 0.857. The zero-order valence-electron chi connectivity index (χ0n) is 14.6. The molecule has 2 fully saturated rings. The molecular weight excluding hydrogens is 322 g/mol. The zero-order valence-corrected chi connectivity index (χ0v) is 14.6. The Morgan fingerprint density at radius 2 is 2.24 bits per heavy atom. The van der Waals surface area contributed by atoms with Gasteiger partial charge in [0.25, 0.3) is 5.91 Å². The molecule has 0 bridgehead atoms. The predicted octanol–water partition coefficient (Wildman–Crippen LogP) is 1.77. The van der Waals surface area contributed by atoms with E-state index in [1.54, 1.807) is 7.11 Å². The topological polar surface area (TPSA) is 97.1 Å². The third-order valence-electron chi connectivity index (χ3n) is 5.11. The number of H-pyrrole nitrogens is 1. The van der Waals surface area contributed by atoms with Crippen LogP contribution >= 0.6 is 0 Å². The summed E-state index contributed by atoms with van der Waals surface area (Å²) in [7, 11) is 1.63. The molecule has 1 aliphatic heterocycles. The lowest BCUT2D eigenvalue weighted by atomic mass is 9.91. The number of amides is 1. The number of aromatic nitrogens is 4. The summed E-state index contributed by atoms with van der Waals surface area (Å²) < 4.78 is 10.4. The number of likely N-dealkylation sites (tertiary alicyclic amines) is 1. The maximum atomic E-state index is 12.8. The molecule has 1 saturated heterocycles. The van der Waals surface area contributed by atoms with Crippen LogP contribution in [0.5, 0.6) is 0 Å². The van der Waals surface area contributed by atoms with Crippen molar-refractivity contribution < 1.29 is 13.9 Å². The summed E-state index contributed by atoms with van der Waals surface area (Å²) in [6.07, 6.45) is 4.59. The highest BCUT2D eigenvalue weighted by molar-refractivity contribution is 5.92. The van der Waals surface area contributed by atoms with E-state index in [1.807, 2.05) is 11.8 Å². The molecule has 2 aromatic heterocycles. The van der Waals surface area contributed by atoms with Gasteiger partial charge in [0.1, 0.15) is 12.9 Å². The first-order valence-corrected chi connectivity index (χ1v) is 8.83. The van der Waals surface area contributed by atoms with Crippen molar-refractivity contribution in [3.05, 3.63) is 29.5 Å². The normalized spacial score (nSPS) is 23.4. The minimum atomic E-state index is -0.0655. The number of aromatic amines is 1. The van der Waals surface area contributed by atoms with E-state index in [9.17, 15) is 4.79 Å². The van der Waals surface area contributed by atoms with Crippen LogP contribution in [0.3, 0.4) is 0 Å². The summed E-state index contributed by atoms with van der Waals surface area (Å²) in [5, 5.41) is 7.31. The van der Waals surface area contributed by atoms with Crippen LogP contribution in [0.2, 0.25) is 0 Å². The van der Waals surface area contributed by atoms with Crippen LogP contribution in [0.25, 0.3) is 0 Å². The van der Waals surface area contributed by atoms with Gasteiger partial charge < -0.3 is 14.1 Å². The molecule has 2 atom stereocenters. The number of rotatable bonds is 6. The Hall–Kier alpha value is -2.22. The smallest absolute Gasteiger partial charge is 0.275 e. The molecule has 0 radical (unpaired) electrons. The minimum Gasteiger partial charge on any atom is -0.448 e. The second kappa shape index (κ2) is 6.59. The van der Waals surface area contributed by atoms with Crippen molar-refractivity contribution in [2.24, 2.45) is 11.8 Å². The fourth-order valence-corrected chi connectivity index (χ4v) is 3.68. The Labute approximate surface area is 146 Å². The lowest BCUT2D eigenvalue weighted by Gasteiger charge is -2.14. The predicted molar refractivity (Wildman–Crippen MR) is 87.8 cm³/mol. The number of carbonyl (C=O) groups is 1. The molecule has 3 heterocycles. The first kappa shape index (κ1) is 16.3. The van der Waals surface area contributed by atoms with E-state index in [-0.39, 0.29) is 11.8 Å². The lowest BCUT2D eigenvalue weighted by Crippen LogP contribution is -2.29. The largest absolute Gasteiger partial charge is 0.448 e. The summed E-state index contributed by atoms with van der Waals surface area (Å²) in [6, 6.07) is 0. The van der Waals surface area contributed by atoms with Crippen LogP contribution < -0.4 is 0 Å². The molecule has 2 aromatic rings. The number of hydrogen-bond acceptors (Lipinski definition) is 6. The Morgan fingerprint density at radius 3 is 2.92 bits per heavy atom. The van der Waals surface area contributed by atoms with Crippen LogP contribution in [-0.4, -0.2) is 51.2 Å². The van der Waals surface area contributed by atoms with Crippen molar-refractivity contribution in [2.75, 3.05) is 20.2 Å². The van der Waals surface area contributed by atoms with Gasteiger partial charge in [0.2, 0.25) is 0 Å². The molecule has 0 spiro atoms. The van der Waals surface area contributed by atoms with Gasteiger partial charge in [0.15, 0.2) is 23.2 Å². The molecule has 4 rings (SSSR count). The molecule has 0 unspecified atom stereocenters. The summed E-state index contributed by atoms with van der Waals surface area (Å²) in [5.74, 6) is 3.27. The summed E-state index contributed by atoms with van der Waals surface area (Å²) in [6.45, 7) is 3.72. The van der Waals surface area contributed by atoms with Crippen LogP contribution in [0.4, 0.5) is 0 Å². The Morgan fingerprint density at radius 1 is 1.40 bits per heavy atom. The Bertz CT molecular complexity index is 751. The molecule has 1 N–H and O–H groups in total. The molecule has 1 amide bonds. The van der Waals surface area contributed by atoms with Crippen molar-refractivity contribution in [2.45, 2.75) is 38.7 Å². The summed E-state index contributed by atoms with van der Waals surface area (Å²) >= 11 is 0. The van der Waals surface area contributed by atoms with E-state index in [0.29, 0.717) is 43.0 Å². The standard InChI is InChI=1S/C17H23N5O3/c1-3-15-18-13(8-25-15)17(23)22-6-11(10-4-5-10)12(7-22)16-19-14(9-24-2)20-21-16/h8,10-12H,3-7,9H2,1-2H3,(H,19,20,21)/t11-,12+/m1/s1. The van der Waals surface area contributed by atoms with Crippen molar-refractivity contribution in [1.29, 1.82) is 0 Å². The molecule has 8 nitrogen and oxygen atoms in total. The second-order valence-corrected chi connectivity index (χ2v) is 6.87. The van der Waals surface area contributed by atoms with Gasteiger partial charge in [0, 0.05) is 32.5 Å². The third kappa shape index (κ3) is 3.18. The monoisotopic (exact) mass is 345 g/mol. The van der Waals surface area contributed by atoms with E-state index < -0.39 is 0 Å². The molecule has 0 aromatic carbocycles. The van der Waals surface area contributed by atoms with Crippen LogP contribution in [0.15, 0.2) is 10.7 Å². The number of methoxy groups -OCH3 is 1. The van der Waals surface area contributed by atoms with Crippen molar-refractivity contribution in [1.82, 2.24) is 25.1 Å². The van der Waals surface area contributed by atoms with E-state index in [1.165, 1.54) is 19.1 Å². The number of carbonyl (C=O) groups excluding carboxylic acids is 1. The fourth-order valence-electron chi connectivity index (χ4n) is 3.68.